The number of nitrogens with zero attached hydrogens (tertiary/aromatic N) is 1. The molecule has 6 heteroatoms. The molecule has 6 nitrogen and oxygen atoms in total. The first kappa shape index (κ1) is 14.8. The van der Waals surface area contributed by atoms with Crippen LogP contribution in [0.5, 0.6) is 0 Å². The van der Waals surface area contributed by atoms with Crippen LogP contribution in [0.3, 0.4) is 0 Å². The van der Waals surface area contributed by atoms with Gasteiger partial charge < -0.3 is 14.6 Å². The first-order valence-corrected chi connectivity index (χ1v) is 5.98. The zero-order valence-electron chi connectivity index (χ0n) is 11.3. The van der Waals surface area contributed by atoms with Gasteiger partial charge in [0.25, 0.3) is 0 Å². The number of rotatable bonds is 2. The first-order valence-electron chi connectivity index (χ1n) is 5.98. The molecule has 0 aromatic heterocycles. The van der Waals surface area contributed by atoms with Gasteiger partial charge in [0, 0.05) is 19.1 Å². The van der Waals surface area contributed by atoms with Gasteiger partial charge in [0.15, 0.2) is 0 Å². The standard InChI is InChI=1S/C12H21NO5/c1-12(2,3)18-11(16)13-6-5-8(7-14)9(13)10(15)17-4/h8-9,14H,5-7H2,1-4H3. The van der Waals surface area contributed by atoms with Gasteiger partial charge >= 0.3 is 12.1 Å². The number of esters is 1. The summed E-state index contributed by atoms with van der Waals surface area (Å²) in [5, 5.41) is 9.23. The van der Waals surface area contributed by atoms with Crippen molar-refractivity contribution in [2.45, 2.75) is 38.8 Å². The summed E-state index contributed by atoms with van der Waals surface area (Å²) >= 11 is 0. The lowest BCUT2D eigenvalue weighted by atomic mass is 10.0. The Labute approximate surface area is 107 Å². The lowest BCUT2D eigenvalue weighted by molar-refractivity contribution is -0.147. The highest BCUT2D eigenvalue weighted by atomic mass is 16.6. The van der Waals surface area contributed by atoms with E-state index in [4.69, 9.17) is 4.74 Å². The molecule has 104 valence electrons. The van der Waals surface area contributed by atoms with Crippen molar-refractivity contribution in [1.29, 1.82) is 0 Å². The number of ether oxygens (including phenoxy) is 2. The minimum absolute atomic E-state index is 0.154. The average molecular weight is 259 g/mol. The molecule has 0 aromatic carbocycles. The summed E-state index contributed by atoms with van der Waals surface area (Å²) in [6, 6.07) is -0.755. The van der Waals surface area contributed by atoms with Crippen molar-refractivity contribution in [2.24, 2.45) is 5.92 Å². The molecule has 0 aromatic rings. The summed E-state index contributed by atoms with van der Waals surface area (Å²) in [5.41, 5.74) is -0.616. The summed E-state index contributed by atoms with van der Waals surface area (Å²) < 4.78 is 9.91. The Bertz CT molecular complexity index is 323. The normalized spacial score (nSPS) is 23.9. The van der Waals surface area contributed by atoms with Crippen molar-refractivity contribution >= 4 is 12.1 Å². The lowest BCUT2D eigenvalue weighted by Gasteiger charge is -2.28. The Hall–Kier alpha value is -1.30. The minimum Gasteiger partial charge on any atom is -0.467 e. The summed E-state index contributed by atoms with van der Waals surface area (Å²) in [6.07, 6.45) is 0.0176. The van der Waals surface area contributed by atoms with E-state index in [1.54, 1.807) is 20.8 Å². The molecule has 1 heterocycles. The van der Waals surface area contributed by atoms with Gasteiger partial charge in [-0.15, -0.1) is 0 Å². The van der Waals surface area contributed by atoms with Gasteiger partial charge in [0.2, 0.25) is 0 Å². The topological polar surface area (TPSA) is 76.1 Å². The van der Waals surface area contributed by atoms with E-state index in [9.17, 15) is 14.7 Å². The van der Waals surface area contributed by atoms with Crippen LogP contribution in [-0.4, -0.2) is 54.0 Å². The van der Waals surface area contributed by atoms with Crippen LogP contribution in [0.4, 0.5) is 4.79 Å². The number of methoxy groups -OCH3 is 1. The van der Waals surface area contributed by atoms with Crippen molar-refractivity contribution < 1.29 is 24.2 Å². The Morgan fingerprint density at radius 3 is 2.44 bits per heavy atom. The van der Waals surface area contributed by atoms with E-state index in [2.05, 4.69) is 4.74 Å². The van der Waals surface area contributed by atoms with Crippen molar-refractivity contribution in [3.63, 3.8) is 0 Å². The molecule has 1 aliphatic heterocycles. The second-order valence-electron chi connectivity index (χ2n) is 5.37. The second-order valence-corrected chi connectivity index (χ2v) is 5.37. The van der Waals surface area contributed by atoms with E-state index in [1.807, 2.05) is 0 Å². The van der Waals surface area contributed by atoms with Crippen LogP contribution in [-0.2, 0) is 14.3 Å². The van der Waals surface area contributed by atoms with Gasteiger partial charge in [-0.1, -0.05) is 0 Å². The smallest absolute Gasteiger partial charge is 0.411 e. The second kappa shape index (κ2) is 5.56. The molecular formula is C12H21NO5. The summed E-state index contributed by atoms with van der Waals surface area (Å²) in [5.74, 6) is -0.803. The molecule has 1 saturated heterocycles. The average Bonchev–Trinajstić information content (AvgIpc) is 2.69. The maximum absolute atomic E-state index is 12.0. The third-order valence-electron chi connectivity index (χ3n) is 2.83. The zero-order chi connectivity index (χ0) is 13.9. The van der Waals surface area contributed by atoms with E-state index in [-0.39, 0.29) is 12.5 Å². The third-order valence-corrected chi connectivity index (χ3v) is 2.83. The number of amides is 1. The van der Waals surface area contributed by atoms with Crippen molar-refractivity contribution in [3.05, 3.63) is 0 Å². The van der Waals surface area contributed by atoms with Crippen molar-refractivity contribution in [3.8, 4) is 0 Å². The molecule has 0 spiro atoms. The van der Waals surface area contributed by atoms with Gasteiger partial charge in [0.05, 0.1) is 7.11 Å². The number of carbonyl (C=O) groups excluding carboxylic acids is 2. The molecule has 1 N–H and O–H groups in total. The molecule has 1 amide bonds. The number of hydrogen-bond donors (Lipinski definition) is 1. The monoisotopic (exact) mass is 259 g/mol. The highest BCUT2D eigenvalue weighted by Crippen LogP contribution is 2.26. The van der Waals surface area contributed by atoms with Gasteiger partial charge in [-0.3, -0.25) is 4.90 Å². The van der Waals surface area contributed by atoms with E-state index in [1.165, 1.54) is 12.0 Å². The largest absolute Gasteiger partial charge is 0.467 e. The number of hydrogen-bond acceptors (Lipinski definition) is 5. The van der Waals surface area contributed by atoms with Crippen LogP contribution in [0.25, 0.3) is 0 Å². The summed E-state index contributed by atoms with van der Waals surface area (Å²) in [7, 11) is 1.27. The maximum Gasteiger partial charge on any atom is 0.411 e. The molecule has 1 fully saturated rings. The van der Waals surface area contributed by atoms with Crippen molar-refractivity contribution in [1.82, 2.24) is 4.90 Å². The predicted molar refractivity (Wildman–Crippen MR) is 63.9 cm³/mol. The molecule has 1 aliphatic rings. The Kier molecular flexibility index (Phi) is 4.56. The Morgan fingerprint density at radius 1 is 1.39 bits per heavy atom. The van der Waals surface area contributed by atoms with Crippen LogP contribution in [0.2, 0.25) is 0 Å². The van der Waals surface area contributed by atoms with E-state index < -0.39 is 23.7 Å². The number of aliphatic hydroxyl groups excluding tert-OH is 1. The van der Waals surface area contributed by atoms with Crippen LogP contribution in [0, 0.1) is 5.92 Å². The third kappa shape index (κ3) is 3.35. The minimum atomic E-state index is -0.755. The molecule has 0 bridgehead atoms. The predicted octanol–water partition coefficient (Wildman–Crippen LogP) is 0.777. The molecule has 0 aliphatic carbocycles. The zero-order valence-corrected chi connectivity index (χ0v) is 11.3. The number of likely N-dealkylation sites (tertiary alicyclic amines) is 1. The molecule has 2 unspecified atom stereocenters. The van der Waals surface area contributed by atoms with E-state index in [0.29, 0.717) is 13.0 Å². The summed E-state index contributed by atoms with van der Waals surface area (Å²) in [6.45, 7) is 5.52. The van der Waals surface area contributed by atoms with Gasteiger partial charge in [-0.05, 0) is 27.2 Å². The molecular weight excluding hydrogens is 238 g/mol. The summed E-state index contributed by atoms with van der Waals surface area (Å²) in [4.78, 5) is 25.0. The molecule has 2 atom stereocenters. The highest BCUT2D eigenvalue weighted by molar-refractivity contribution is 5.82. The van der Waals surface area contributed by atoms with Gasteiger partial charge in [-0.25, -0.2) is 9.59 Å². The van der Waals surface area contributed by atoms with Gasteiger partial charge in [-0.2, -0.15) is 0 Å². The van der Waals surface area contributed by atoms with Crippen LogP contribution < -0.4 is 0 Å². The molecule has 0 saturated carbocycles. The van der Waals surface area contributed by atoms with Crippen molar-refractivity contribution in [2.75, 3.05) is 20.3 Å². The SMILES string of the molecule is COC(=O)C1C(CO)CCN1C(=O)OC(C)(C)C. The Balaban J connectivity index is 2.81. The fourth-order valence-corrected chi connectivity index (χ4v) is 2.01. The molecule has 1 rings (SSSR count). The maximum atomic E-state index is 12.0. The first-order chi connectivity index (χ1) is 8.30. The fourth-order valence-electron chi connectivity index (χ4n) is 2.01. The lowest BCUT2D eigenvalue weighted by Crippen LogP contribution is -2.46. The van der Waals surface area contributed by atoms with E-state index in [0.717, 1.165) is 0 Å². The van der Waals surface area contributed by atoms with Crippen LogP contribution in [0.15, 0.2) is 0 Å². The van der Waals surface area contributed by atoms with Crippen LogP contribution >= 0.6 is 0 Å². The fraction of sp³-hybridized carbons (Fsp3) is 0.833. The Morgan fingerprint density at radius 2 is 2.00 bits per heavy atom. The quantitative estimate of drug-likeness (QED) is 0.741. The van der Waals surface area contributed by atoms with Gasteiger partial charge in [0.1, 0.15) is 11.6 Å². The number of carbonyl (C=O) groups is 2. The van der Waals surface area contributed by atoms with E-state index >= 15 is 0 Å². The molecule has 18 heavy (non-hydrogen) atoms. The van der Waals surface area contributed by atoms with Crippen LogP contribution in [0.1, 0.15) is 27.2 Å². The molecule has 0 radical (unpaired) electrons. The highest BCUT2D eigenvalue weighted by Gasteiger charge is 2.43. The number of aliphatic hydroxyl groups is 1.